The van der Waals surface area contributed by atoms with E-state index in [2.05, 4.69) is 53.9 Å². The van der Waals surface area contributed by atoms with Crippen molar-refractivity contribution in [3.05, 3.63) is 42.5 Å². The third-order valence-electron chi connectivity index (χ3n) is 3.33. The van der Waals surface area contributed by atoms with Gasteiger partial charge in [-0.1, -0.05) is 23.9 Å². The fraction of sp³-hybridized carbons (Fsp3) is 0.357. The molecule has 2 aromatic heterocycles. The highest BCUT2D eigenvalue weighted by Crippen LogP contribution is 2.32. The predicted octanol–water partition coefficient (Wildman–Crippen LogP) is 4.32. The Kier molecular flexibility index (Phi) is 6.23. The maximum atomic E-state index is 5.53. The van der Waals surface area contributed by atoms with E-state index in [0.717, 1.165) is 16.7 Å². The van der Waals surface area contributed by atoms with E-state index >= 15 is 0 Å². The highest BCUT2D eigenvalue weighted by Gasteiger charge is 2.19. The highest BCUT2D eigenvalue weighted by molar-refractivity contribution is 14.2. The van der Waals surface area contributed by atoms with Gasteiger partial charge in [0.1, 0.15) is 6.61 Å². The van der Waals surface area contributed by atoms with E-state index in [1.54, 1.807) is 18.0 Å². The van der Waals surface area contributed by atoms with Crippen LogP contribution in [-0.4, -0.2) is 25.0 Å². The molecule has 2 aromatic rings. The first-order chi connectivity index (χ1) is 10.9. The van der Waals surface area contributed by atoms with Gasteiger partial charge in [-0.2, -0.15) is 0 Å². The van der Waals surface area contributed by atoms with Crippen LogP contribution in [0.5, 0.6) is 0 Å². The number of hydrogen-bond acceptors (Lipinski definition) is 5. The van der Waals surface area contributed by atoms with Crippen LogP contribution in [0, 0.1) is 0 Å². The number of pyridine rings is 1. The molecule has 0 saturated carbocycles. The topological polar surface area (TPSA) is 52.8 Å². The summed E-state index contributed by atoms with van der Waals surface area (Å²) < 4.78 is 7.58. The van der Waals surface area contributed by atoms with E-state index in [1.165, 1.54) is 19.3 Å². The second kappa shape index (κ2) is 8.38. The van der Waals surface area contributed by atoms with Gasteiger partial charge < -0.3 is 4.52 Å². The summed E-state index contributed by atoms with van der Waals surface area (Å²) in [5.41, 5.74) is 0.977. The van der Waals surface area contributed by atoms with E-state index in [-0.39, 0.29) is 0 Å². The highest BCUT2D eigenvalue weighted by atomic mass is 127. The first-order valence-electron chi connectivity index (χ1n) is 7.04. The van der Waals surface area contributed by atoms with Gasteiger partial charge in [-0.15, -0.1) is 10.2 Å². The third-order valence-corrected chi connectivity index (χ3v) is 5.69. The molecule has 8 heteroatoms. The summed E-state index contributed by atoms with van der Waals surface area (Å²) in [5, 5.41) is 10.1. The average molecular weight is 446 g/mol. The average Bonchev–Trinajstić information content (AvgIpc) is 2.97. The van der Waals surface area contributed by atoms with Crippen molar-refractivity contribution in [2.24, 2.45) is 0 Å². The molecule has 0 spiro atoms. The molecule has 0 bridgehead atoms. The van der Waals surface area contributed by atoms with Crippen molar-refractivity contribution in [1.82, 2.24) is 19.7 Å². The van der Waals surface area contributed by atoms with E-state index in [4.69, 9.17) is 4.52 Å². The number of rotatable bonds is 6. The van der Waals surface area contributed by atoms with Gasteiger partial charge in [0.2, 0.25) is 0 Å². The van der Waals surface area contributed by atoms with Crippen LogP contribution >= 0.6 is 40.3 Å². The molecule has 0 aromatic carbocycles. The maximum Gasteiger partial charge on any atom is 0.196 e. The number of allylic oxidation sites excluding steroid dienone is 1. The van der Waals surface area contributed by atoms with Crippen molar-refractivity contribution < 1.29 is 4.52 Å². The molecule has 0 N–H and O–H groups in total. The standard InChI is InChI=1S/C14H16IN4OPS/c15-21-20-10-13-17-18-14(22-12-6-2-1-3-7-12)19(13)11-5-4-8-16-9-11/h2,4-6,8-9,12,21H,1,3,7,10H2. The van der Waals surface area contributed by atoms with Gasteiger partial charge in [0.05, 0.1) is 18.3 Å². The monoisotopic (exact) mass is 446 g/mol. The Bertz CT molecular complexity index is 637. The Morgan fingerprint density at radius 3 is 3.14 bits per heavy atom. The molecule has 2 heterocycles. The van der Waals surface area contributed by atoms with E-state index in [1.807, 2.05) is 18.3 Å². The van der Waals surface area contributed by atoms with Crippen molar-refractivity contribution in [2.45, 2.75) is 36.3 Å². The van der Waals surface area contributed by atoms with Crippen LogP contribution in [0.4, 0.5) is 0 Å². The van der Waals surface area contributed by atoms with Gasteiger partial charge in [0.15, 0.2) is 11.0 Å². The second-order valence-electron chi connectivity index (χ2n) is 4.83. The van der Waals surface area contributed by atoms with Crippen LogP contribution < -0.4 is 0 Å². The molecule has 0 saturated heterocycles. The Morgan fingerprint density at radius 2 is 2.41 bits per heavy atom. The molecule has 0 radical (unpaired) electrons. The molecule has 2 unspecified atom stereocenters. The van der Waals surface area contributed by atoms with Crippen LogP contribution in [0.25, 0.3) is 5.69 Å². The van der Waals surface area contributed by atoms with Crippen molar-refractivity contribution in [1.29, 1.82) is 0 Å². The zero-order chi connectivity index (χ0) is 15.2. The molecule has 1 aliphatic carbocycles. The lowest BCUT2D eigenvalue weighted by molar-refractivity contribution is 0.343. The van der Waals surface area contributed by atoms with Gasteiger partial charge in [-0.3, -0.25) is 9.55 Å². The Morgan fingerprint density at radius 1 is 1.45 bits per heavy atom. The first kappa shape index (κ1) is 16.4. The lowest BCUT2D eigenvalue weighted by Crippen LogP contribution is -2.07. The number of thioether (sulfide) groups is 1. The largest absolute Gasteiger partial charge is 0.344 e. The molecule has 2 atom stereocenters. The zero-order valence-corrected chi connectivity index (χ0v) is 15.8. The SMILES string of the molecule is IPOCc1nnc(SC2C=CCCC2)n1-c1cccnc1. The van der Waals surface area contributed by atoms with Crippen LogP contribution in [0.2, 0.25) is 0 Å². The molecule has 0 amide bonds. The lowest BCUT2D eigenvalue weighted by atomic mass is 10.1. The fourth-order valence-electron chi connectivity index (χ4n) is 2.32. The van der Waals surface area contributed by atoms with Crippen LogP contribution in [0.1, 0.15) is 25.1 Å². The van der Waals surface area contributed by atoms with Gasteiger partial charge in [-0.25, -0.2) is 0 Å². The quantitative estimate of drug-likeness (QED) is 0.376. The van der Waals surface area contributed by atoms with Crippen LogP contribution in [0.15, 0.2) is 41.8 Å². The summed E-state index contributed by atoms with van der Waals surface area (Å²) in [6.07, 6.45) is 11.7. The third kappa shape index (κ3) is 4.07. The lowest BCUT2D eigenvalue weighted by Gasteiger charge is -2.16. The molecule has 1 aliphatic rings. The minimum absolute atomic E-state index is 0.407. The molecule has 3 rings (SSSR count). The Hall–Kier alpha value is -0.500. The minimum Gasteiger partial charge on any atom is -0.344 e. The van der Waals surface area contributed by atoms with Gasteiger partial charge in [0.25, 0.3) is 0 Å². The van der Waals surface area contributed by atoms with Gasteiger partial charge >= 0.3 is 0 Å². The van der Waals surface area contributed by atoms with Crippen molar-refractivity contribution in [2.75, 3.05) is 0 Å². The first-order valence-corrected chi connectivity index (χ1v) is 11.9. The zero-order valence-electron chi connectivity index (χ0n) is 11.9. The van der Waals surface area contributed by atoms with Crippen LogP contribution in [-0.2, 0) is 11.1 Å². The normalized spacial score (nSPS) is 18.3. The smallest absolute Gasteiger partial charge is 0.196 e. The predicted molar refractivity (Wildman–Crippen MR) is 98.9 cm³/mol. The Labute approximate surface area is 148 Å². The molecule has 5 nitrogen and oxygen atoms in total. The maximum absolute atomic E-state index is 5.53. The molecular weight excluding hydrogens is 430 g/mol. The van der Waals surface area contributed by atoms with E-state index < -0.39 is 0 Å². The van der Waals surface area contributed by atoms with Gasteiger partial charge in [0, 0.05) is 11.4 Å². The van der Waals surface area contributed by atoms with Crippen molar-refractivity contribution in [3.63, 3.8) is 0 Å². The summed E-state index contributed by atoms with van der Waals surface area (Å²) in [4.78, 5) is 4.21. The summed E-state index contributed by atoms with van der Waals surface area (Å²) in [6, 6.07) is 3.95. The van der Waals surface area contributed by atoms with Gasteiger partial charge in [-0.05, 0) is 53.4 Å². The van der Waals surface area contributed by atoms with Crippen molar-refractivity contribution >= 4 is 40.3 Å². The van der Waals surface area contributed by atoms with Crippen molar-refractivity contribution in [3.8, 4) is 5.69 Å². The Balaban J connectivity index is 1.90. The molecule has 0 fully saturated rings. The molecule has 0 aliphatic heterocycles. The number of halogens is 1. The summed E-state index contributed by atoms with van der Waals surface area (Å²) in [6.45, 7) is 0.870. The summed E-state index contributed by atoms with van der Waals surface area (Å²) >= 11 is 3.97. The van der Waals surface area contributed by atoms with E-state index in [9.17, 15) is 0 Å². The molecular formula is C14H16IN4OPS. The summed E-state index contributed by atoms with van der Waals surface area (Å²) in [7, 11) is 0. The summed E-state index contributed by atoms with van der Waals surface area (Å²) in [5.74, 6) is 0.819. The van der Waals surface area contributed by atoms with E-state index in [0.29, 0.717) is 18.3 Å². The molecule has 116 valence electrons. The van der Waals surface area contributed by atoms with Crippen LogP contribution in [0.3, 0.4) is 0 Å². The second-order valence-corrected chi connectivity index (χ2v) is 7.80. The fourth-order valence-corrected chi connectivity index (χ4v) is 4.12. The number of aromatic nitrogens is 4. The minimum atomic E-state index is 0.407. The number of hydrogen-bond donors (Lipinski definition) is 0. The number of nitrogens with zero attached hydrogens (tertiary/aromatic N) is 4. The molecule has 22 heavy (non-hydrogen) atoms.